The normalized spacial score (nSPS) is 10.5. The molecular formula is C14H16N2O3. The summed E-state index contributed by atoms with van der Waals surface area (Å²) in [4.78, 5) is 10.9. The number of carboxylic acid groups (broad SMARTS) is 1. The van der Waals surface area contributed by atoms with E-state index in [1.54, 1.807) is 17.8 Å². The number of nitrogens with zero attached hydrogens (tertiary/aromatic N) is 2. The quantitative estimate of drug-likeness (QED) is 0.917. The van der Waals surface area contributed by atoms with E-state index in [4.69, 9.17) is 9.84 Å². The first-order valence-corrected chi connectivity index (χ1v) is 6.04. The number of hydrogen-bond donors (Lipinski definition) is 1. The van der Waals surface area contributed by atoms with Gasteiger partial charge >= 0.3 is 5.97 Å². The van der Waals surface area contributed by atoms with Crippen LogP contribution in [0.5, 0.6) is 5.75 Å². The van der Waals surface area contributed by atoms with E-state index >= 15 is 0 Å². The summed E-state index contributed by atoms with van der Waals surface area (Å²) >= 11 is 0. The van der Waals surface area contributed by atoms with Crippen LogP contribution in [0.25, 0.3) is 11.3 Å². The van der Waals surface area contributed by atoms with E-state index < -0.39 is 5.97 Å². The van der Waals surface area contributed by atoms with Crippen molar-refractivity contribution in [3.8, 4) is 17.0 Å². The van der Waals surface area contributed by atoms with E-state index in [9.17, 15) is 4.79 Å². The maximum Gasteiger partial charge on any atom is 0.356 e. The molecule has 0 amide bonds. The van der Waals surface area contributed by atoms with Crippen LogP contribution in [0.2, 0.25) is 0 Å². The summed E-state index contributed by atoms with van der Waals surface area (Å²) in [6.45, 7) is 4.52. The van der Waals surface area contributed by atoms with Gasteiger partial charge in [0.2, 0.25) is 0 Å². The molecule has 5 heteroatoms. The molecule has 0 bridgehead atoms. The molecule has 0 saturated carbocycles. The van der Waals surface area contributed by atoms with Crippen LogP contribution in [0, 0.1) is 6.92 Å². The Balaban J connectivity index is 2.42. The van der Waals surface area contributed by atoms with Crippen LogP contribution in [0.1, 0.15) is 23.0 Å². The Hall–Kier alpha value is -2.30. The lowest BCUT2D eigenvalue weighted by molar-refractivity contribution is 0.0689. The van der Waals surface area contributed by atoms with Crippen molar-refractivity contribution in [2.75, 3.05) is 6.61 Å². The van der Waals surface area contributed by atoms with E-state index in [0.717, 1.165) is 22.6 Å². The molecule has 5 nitrogen and oxygen atoms in total. The van der Waals surface area contributed by atoms with Crippen LogP contribution in [0.3, 0.4) is 0 Å². The van der Waals surface area contributed by atoms with Crippen LogP contribution < -0.4 is 4.74 Å². The van der Waals surface area contributed by atoms with Gasteiger partial charge in [-0.05, 0) is 43.7 Å². The molecule has 0 aliphatic carbocycles. The molecular weight excluding hydrogens is 244 g/mol. The fraction of sp³-hybridized carbons (Fsp3) is 0.286. The van der Waals surface area contributed by atoms with Gasteiger partial charge in [0, 0.05) is 12.6 Å². The molecule has 19 heavy (non-hydrogen) atoms. The largest absolute Gasteiger partial charge is 0.494 e. The summed E-state index contributed by atoms with van der Waals surface area (Å²) in [5.74, 6) is -0.184. The van der Waals surface area contributed by atoms with E-state index in [0.29, 0.717) is 6.61 Å². The minimum absolute atomic E-state index is 0.0454. The Morgan fingerprint density at radius 1 is 1.42 bits per heavy atom. The number of aryl methyl sites for hydroxylation is 2. The van der Waals surface area contributed by atoms with Crippen LogP contribution in [0.4, 0.5) is 0 Å². The highest BCUT2D eigenvalue weighted by molar-refractivity contribution is 5.87. The van der Waals surface area contributed by atoms with E-state index in [1.165, 1.54) is 0 Å². The second-order valence-electron chi connectivity index (χ2n) is 4.26. The van der Waals surface area contributed by atoms with Gasteiger partial charge in [0.1, 0.15) is 5.75 Å². The average molecular weight is 260 g/mol. The Bertz CT molecular complexity index is 617. The Morgan fingerprint density at radius 2 is 2.16 bits per heavy atom. The predicted octanol–water partition coefficient (Wildman–Crippen LogP) is 2.49. The van der Waals surface area contributed by atoms with Gasteiger partial charge in [-0.2, -0.15) is 5.10 Å². The Labute approximate surface area is 111 Å². The standard InChI is InChI=1S/C14H16N2O3/c1-4-19-13-6-5-10(7-9(13)2)12-8-11(14(17)18)15-16(12)3/h5-8H,4H2,1-3H3,(H,17,18). The van der Waals surface area contributed by atoms with E-state index in [2.05, 4.69) is 5.10 Å². The lowest BCUT2D eigenvalue weighted by Crippen LogP contribution is -1.99. The fourth-order valence-electron chi connectivity index (χ4n) is 1.97. The summed E-state index contributed by atoms with van der Waals surface area (Å²) in [7, 11) is 1.73. The van der Waals surface area contributed by atoms with Gasteiger partial charge < -0.3 is 9.84 Å². The number of carbonyl (C=O) groups is 1. The molecule has 100 valence electrons. The molecule has 0 radical (unpaired) electrons. The average Bonchev–Trinajstić information content (AvgIpc) is 2.74. The summed E-state index contributed by atoms with van der Waals surface area (Å²) in [5, 5.41) is 12.9. The van der Waals surface area contributed by atoms with Crippen molar-refractivity contribution in [1.82, 2.24) is 9.78 Å². The van der Waals surface area contributed by atoms with Crippen LogP contribution in [-0.4, -0.2) is 27.5 Å². The molecule has 0 fully saturated rings. The van der Waals surface area contributed by atoms with Gasteiger partial charge in [-0.15, -0.1) is 0 Å². The molecule has 0 aliphatic heterocycles. The zero-order valence-corrected chi connectivity index (χ0v) is 11.2. The molecule has 1 heterocycles. The molecule has 2 aromatic rings. The van der Waals surface area contributed by atoms with Crippen molar-refractivity contribution in [2.45, 2.75) is 13.8 Å². The second kappa shape index (κ2) is 5.14. The summed E-state index contributed by atoms with van der Waals surface area (Å²) < 4.78 is 7.05. The third-order valence-corrected chi connectivity index (χ3v) is 2.87. The first-order valence-electron chi connectivity index (χ1n) is 6.04. The summed E-state index contributed by atoms with van der Waals surface area (Å²) in [6.07, 6.45) is 0. The van der Waals surface area contributed by atoms with Crippen molar-refractivity contribution in [2.24, 2.45) is 7.05 Å². The molecule has 0 unspecified atom stereocenters. The van der Waals surface area contributed by atoms with Gasteiger partial charge in [-0.25, -0.2) is 4.79 Å². The van der Waals surface area contributed by atoms with Crippen molar-refractivity contribution < 1.29 is 14.6 Å². The maximum absolute atomic E-state index is 10.9. The van der Waals surface area contributed by atoms with Gasteiger partial charge in [0.15, 0.2) is 5.69 Å². The Morgan fingerprint density at radius 3 is 2.68 bits per heavy atom. The highest BCUT2D eigenvalue weighted by Crippen LogP contribution is 2.26. The topological polar surface area (TPSA) is 64.3 Å². The van der Waals surface area contributed by atoms with Crippen LogP contribution in [0.15, 0.2) is 24.3 Å². The highest BCUT2D eigenvalue weighted by atomic mass is 16.5. The van der Waals surface area contributed by atoms with E-state index in [1.807, 2.05) is 32.0 Å². The highest BCUT2D eigenvalue weighted by Gasteiger charge is 2.13. The molecule has 0 aliphatic rings. The molecule has 1 N–H and O–H groups in total. The van der Waals surface area contributed by atoms with E-state index in [-0.39, 0.29) is 5.69 Å². The molecule has 2 rings (SSSR count). The molecule has 1 aromatic heterocycles. The number of benzene rings is 1. The summed E-state index contributed by atoms with van der Waals surface area (Å²) in [5.41, 5.74) is 2.74. The van der Waals surface area contributed by atoms with Gasteiger partial charge in [-0.1, -0.05) is 0 Å². The zero-order chi connectivity index (χ0) is 14.0. The molecule has 0 spiro atoms. The molecule has 0 saturated heterocycles. The first kappa shape index (κ1) is 13.1. The van der Waals surface area contributed by atoms with Crippen molar-refractivity contribution in [1.29, 1.82) is 0 Å². The SMILES string of the molecule is CCOc1ccc(-c2cc(C(=O)O)nn2C)cc1C. The number of ether oxygens (including phenoxy) is 1. The maximum atomic E-state index is 10.9. The zero-order valence-electron chi connectivity index (χ0n) is 11.2. The third-order valence-electron chi connectivity index (χ3n) is 2.87. The van der Waals surface area contributed by atoms with Crippen molar-refractivity contribution in [3.05, 3.63) is 35.5 Å². The monoisotopic (exact) mass is 260 g/mol. The van der Waals surface area contributed by atoms with Gasteiger partial charge in [-0.3, -0.25) is 4.68 Å². The van der Waals surface area contributed by atoms with Crippen LogP contribution in [-0.2, 0) is 7.05 Å². The number of aromatic carboxylic acids is 1. The predicted molar refractivity (Wildman–Crippen MR) is 71.5 cm³/mol. The minimum atomic E-state index is -1.02. The van der Waals surface area contributed by atoms with Crippen molar-refractivity contribution >= 4 is 5.97 Å². The molecule has 0 atom stereocenters. The lowest BCUT2D eigenvalue weighted by Gasteiger charge is -2.09. The van der Waals surface area contributed by atoms with Gasteiger partial charge in [0.25, 0.3) is 0 Å². The Kier molecular flexibility index (Phi) is 3.55. The van der Waals surface area contributed by atoms with Crippen LogP contribution >= 0.6 is 0 Å². The smallest absolute Gasteiger partial charge is 0.356 e. The minimum Gasteiger partial charge on any atom is -0.494 e. The number of aromatic nitrogens is 2. The lowest BCUT2D eigenvalue weighted by atomic mass is 10.1. The fourth-order valence-corrected chi connectivity index (χ4v) is 1.97. The number of hydrogen-bond acceptors (Lipinski definition) is 3. The second-order valence-corrected chi connectivity index (χ2v) is 4.26. The first-order chi connectivity index (χ1) is 9.02. The third kappa shape index (κ3) is 2.59. The number of carboxylic acids is 1. The molecule has 1 aromatic carbocycles. The van der Waals surface area contributed by atoms with Gasteiger partial charge in [0.05, 0.1) is 12.3 Å². The van der Waals surface area contributed by atoms with Crippen molar-refractivity contribution in [3.63, 3.8) is 0 Å². The summed E-state index contributed by atoms with van der Waals surface area (Å²) in [6, 6.07) is 7.33. The number of rotatable bonds is 4.